The van der Waals surface area contributed by atoms with Gasteiger partial charge in [0.05, 0.1) is 5.56 Å². The lowest BCUT2D eigenvalue weighted by Crippen LogP contribution is -1.96. The van der Waals surface area contributed by atoms with Crippen LogP contribution in [-0.2, 0) is 6.61 Å². The fourth-order valence-corrected chi connectivity index (χ4v) is 3.03. The Bertz CT molecular complexity index is 1100. The highest BCUT2D eigenvalue weighted by molar-refractivity contribution is 5.89. The normalized spacial score (nSPS) is 10.6. The van der Waals surface area contributed by atoms with Crippen molar-refractivity contribution in [1.82, 2.24) is 4.57 Å². The van der Waals surface area contributed by atoms with Gasteiger partial charge in [0.15, 0.2) is 0 Å². The Balaban J connectivity index is 1.54. The number of carboxylic acid groups (broad SMARTS) is 1. The summed E-state index contributed by atoms with van der Waals surface area (Å²) in [6.07, 6.45) is 3.94. The van der Waals surface area contributed by atoms with Crippen molar-refractivity contribution in [3.05, 3.63) is 108 Å². The van der Waals surface area contributed by atoms with Gasteiger partial charge in [-0.1, -0.05) is 48.5 Å². The average Bonchev–Trinajstić information content (AvgIpc) is 3.24. The molecule has 0 unspecified atom stereocenters. The molecule has 0 atom stereocenters. The van der Waals surface area contributed by atoms with Crippen LogP contribution in [0, 0.1) is 0 Å². The number of carbonyl (C=O) groups is 1. The number of hydrogen-bond acceptors (Lipinski definition) is 2. The lowest BCUT2D eigenvalue weighted by molar-refractivity contribution is 0.0697. The molecule has 1 N–H and O–H groups in total. The first-order valence-corrected chi connectivity index (χ1v) is 8.98. The van der Waals surface area contributed by atoms with E-state index in [0.29, 0.717) is 6.61 Å². The SMILES string of the molecule is O=C(O)c1cccc(-c2ccn(-c3cccc(OCc4ccccc4)c3)c2)c1. The van der Waals surface area contributed by atoms with Crippen LogP contribution in [0.4, 0.5) is 0 Å². The third kappa shape index (κ3) is 3.96. The van der Waals surface area contributed by atoms with Gasteiger partial charge in [-0.15, -0.1) is 0 Å². The zero-order chi connectivity index (χ0) is 19.3. The van der Waals surface area contributed by atoms with Crippen molar-refractivity contribution in [1.29, 1.82) is 0 Å². The minimum Gasteiger partial charge on any atom is -0.489 e. The third-order valence-corrected chi connectivity index (χ3v) is 4.50. The summed E-state index contributed by atoms with van der Waals surface area (Å²) in [6.45, 7) is 0.517. The summed E-state index contributed by atoms with van der Waals surface area (Å²) in [6, 6.07) is 26.9. The van der Waals surface area contributed by atoms with Crippen LogP contribution >= 0.6 is 0 Å². The van der Waals surface area contributed by atoms with Gasteiger partial charge in [0, 0.05) is 24.1 Å². The van der Waals surface area contributed by atoms with Crippen LogP contribution in [0.15, 0.2) is 97.3 Å². The lowest BCUT2D eigenvalue weighted by Gasteiger charge is -2.09. The monoisotopic (exact) mass is 369 g/mol. The third-order valence-electron chi connectivity index (χ3n) is 4.50. The first-order valence-electron chi connectivity index (χ1n) is 8.98. The fourth-order valence-electron chi connectivity index (χ4n) is 3.03. The van der Waals surface area contributed by atoms with Gasteiger partial charge in [-0.25, -0.2) is 4.79 Å². The van der Waals surface area contributed by atoms with E-state index in [-0.39, 0.29) is 5.56 Å². The second kappa shape index (κ2) is 7.84. The molecule has 28 heavy (non-hydrogen) atoms. The summed E-state index contributed by atoms with van der Waals surface area (Å²) in [7, 11) is 0. The molecule has 4 nitrogen and oxygen atoms in total. The van der Waals surface area contributed by atoms with Crippen molar-refractivity contribution in [3.8, 4) is 22.6 Å². The van der Waals surface area contributed by atoms with Gasteiger partial charge in [0.1, 0.15) is 12.4 Å². The van der Waals surface area contributed by atoms with Crippen molar-refractivity contribution in [3.63, 3.8) is 0 Å². The number of aromatic nitrogens is 1. The number of nitrogens with zero attached hydrogens (tertiary/aromatic N) is 1. The number of benzene rings is 3. The van der Waals surface area contributed by atoms with Crippen LogP contribution in [-0.4, -0.2) is 15.6 Å². The Morgan fingerprint density at radius 2 is 1.68 bits per heavy atom. The van der Waals surface area contributed by atoms with Crippen LogP contribution in [0.5, 0.6) is 5.75 Å². The smallest absolute Gasteiger partial charge is 0.335 e. The Hall–Kier alpha value is -3.79. The minimum absolute atomic E-state index is 0.279. The molecular formula is C24H19NO3. The zero-order valence-electron chi connectivity index (χ0n) is 15.2. The summed E-state index contributed by atoms with van der Waals surface area (Å²) < 4.78 is 7.91. The molecule has 1 heterocycles. The number of rotatable bonds is 6. The molecule has 0 saturated heterocycles. The van der Waals surface area contributed by atoms with E-state index in [4.69, 9.17) is 4.74 Å². The van der Waals surface area contributed by atoms with Crippen molar-refractivity contribution < 1.29 is 14.6 Å². The van der Waals surface area contributed by atoms with Gasteiger partial charge in [0.25, 0.3) is 0 Å². The first-order chi connectivity index (χ1) is 13.7. The molecule has 0 bridgehead atoms. The molecule has 0 aliphatic carbocycles. The highest BCUT2D eigenvalue weighted by atomic mass is 16.5. The molecule has 0 spiro atoms. The van der Waals surface area contributed by atoms with Gasteiger partial charge in [-0.05, 0) is 47.0 Å². The Morgan fingerprint density at radius 3 is 2.50 bits per heavy atom. The van der Waals surface area contributed by atoms with Crippen LogP contribution in [0.2, 0.25) is 0 Å². The second-order valence-corrected chi connectivity index (χ2v) is 6.47. The first kappa shape index (κ1) is 17.6. The van der Waals surface area contributed by atoms with E-state index in [1.807, 2.05) is 83.7 Å². The molecular weight excluding hydrogens is 350 g/mol. The quantitative estimate of drug-likeness (QED) is 0.494. The molecule has 0 amide bonds. The minimum atomic E-state index is -0.926. The molecule has 0 aliphatic rings. The summed E-state index contributed by atoms with van der Waals surface area (Å²) in [5, 5.41) is 9.18. The molecule has 0 aliphatic heterocycles. The Morgan fingerprint density at radius 1 is 0.857 bits per heavy atom. The van der Waals surface area contributed by atoms with Crippen molar-refractivity contribution >= 4 is 5.97 Å². The van der Waals surface area contributed by atoms with Gasteiger partial charge in [-0.2, -0.15) is 0 Å². The number of hydrogen-bond donors (Lipinski definition) is 1. The summed E-state index contributed by atoms with van der Waals surface area (Å²) in [5.74, 6) is -0.131. The van der Waals surface area contributed by atoms with E-state index >= 15 is 0 Å². The fraction of sp³-hybridized carbons (Fsp3) is 0.0417. The Kier molecular flexibility index (Phi) is 4.93. The van der Waals surface area contributed by atoms with Crippen LogP contribution in [0.25, 0.3) is 16.8 Å². The van der Waals surface area contributed by atoms with Crippen molar-refractivity contribution in [2.45, 2.75) is 6.61 Å². The molecule has 4 rings (SSSR count). The maximum Gasteiger partial charge on any atom is 0.335 e. The van der Waals surface area contributed by atoms with Crippen LogP contribution < -0.4 is 4.74 Å². The summed E-state index contributed by atoms with van der Waals surface area (Å²) in [5.41, 5.74) is 4.20. The Labute approximate surface area is 163 Å². The van der Waals surface area contributed by atoms with Gasteiger partial charge >= 0.3 is 5.97 Å². The molecule has 1 aromatic heterocycles. The van der Waals surface area contributed by atoms with Gasteiger partial charge < -0.3 is 14.4 Å². The van der Waals surface area contributed by atoms with Crippen LogP contribution in [0.3, 0.4) is 0 Å². The highest BCUT2D eigenvalue weighted by Gasteiger charge is 2.07. The molecule has 0 saturated carbocycles. The number of aromatic carboxylic acids is 1. The van der Waals surface area contributed by atoms with E-state index in [9.17, 15) is 9.90 Å². The lowest BCUT2D eigenvalue weighted by atomic mass is 10.1. The predicted octanol–water partition coefficient (Wildman–Crippen LogP) is 5.42. The molecule has 4 heteroatoms. The highest BCUT2D eigenvalue weighted by Crippen LogP contribution is 2.24. The average molecular weight is 369 g/mol. The maximum absolute atomic E-state index is 11.2. The molecule has 4 aromatic rings. The molecule has 138 valence electrons. The summed E-state index contributed by atoms with van der Waals surface area (Å²) >= 11 is 0. The van der Waals surface area contributed by atoms with E-state index in [1.165, 1.54) is 0 Å². The molecule has 3 aromatic carbocycles. The van der Waals surface area contributed by atoms with Gasteiger partial charge in [-0.3, -0.25) is 0 Å². The van der Waals surface area contributed by atoms with E-state index in [1.54, 1.807) is 18.2 Å². The van der Waals surface area contributed by atoms with Crippen molar-refractivity contribution in [2.24, 2.45) is 0 Å². The standard InChI is InChI=1S/C24H19NO3/c26-24(27)20-9-4-8-19(14-20)21-12-13-25(16-21)22-10-5-11-23(15-22)28-17-18-6-2-1-3-7-18/h1-16H,17H2,(H,26,27). The largest absolute Gasteiger partial charge is 0.489 e. The number of ether oxygens (including phenoxy) is 1. The molecule has 0 radical (unpaired) electrons. The van der Waals surface area contributed by atoms with E-state index < -0.39 is 5.97 Å². The molecule has 0 fully saturated rings. The van der Waals surface area contributed by atoms with Gasteiger partial charge in [0.2, 0.25) is 0 Å². The summed E-state index contributed by atoms with van der Waals surface area (Å²) in [4.78, 5) is 11.2. The predicted molar refractivity (Wildman–Crippen MR) is 109 cm³/mol. The van der Waals surface area contributed by atoms with E-state index in [0.717, 1.165) is 28.1 Å². The zero-order valence-corrected chi connectivity index (χ0v) is 15.2. The maximum atomic E-state index is 11.2. The van der Waals surface area contributed by atoms with Crippen molar-refractivity contribution in [2.75, 3.05) is 0 Å². The van der Waals surface area contributed by atoms with Crippen LogP contribution in [0.1, 0.15) is 15.9 Å². The van der Waals surface area contributed by atoms with E-state index in [2.05, 4.69) is 0 Å². The number of carboxylic acids is 1. The topological polar surface area (TPSA) is 51.5 Å². The second-order valence-electron chi connectivity index (χ2n) is 6.47.